The van der Waals surface area contributed by atoms with E-state index in [1.54, 1.807) is 0 Å². The number of fused-ring (bicyclic) bond motifs is 1. The van der Waals surface area contributed by atoms with Gasteiger partial charge in [-0.05, 0) is 49.8 Å². The van der Waals surface area contributed by atoms with E-state index in [-0.39, 0.29) is 11.4 Å². The van der Waals surface area contributed by atoms with Crippen molar-refractivity contribution >= 4 is 5.91 Å². The molecule has 154 valence electrons. The lowest BCUT2D eigenvalue weighted by molar-refractivity contribution is 0.0555. The summed E-state index contributed by atoms with van der Waals surface area (Å²) in [6.45, 7) is 7.41. The van der Waals surface area contributed by atoms with E-state index >= 15 is 0 Å². The first-order valence-electron chi connectivity index (χ1n) is 11.2. The lowest BCUT2D eigenvalue weighted by Crippen LogP contribution is -2.41. The highest BCUT2D eigenvalue weighted by Crippen LogP contribution is 2.44. The molecule has 0 spiro atoms. The lowest BCUT2D eigenvalue weighted by Gasteiger charge is -2.37. The number of rotatable bonds is 10. The Morgan fingerprint density at radius 2 is 1.66 bits per heavy atom. The van der Waals surface area contributed by atoms with Crippen LogP contribution in [0.2, 0.25) is 0 Å². The summed E-state index contributed by atoms with van der Waals surface area (Å²) in [6, 6.07) is 18.6. The second-order valence-corrected chi connectivity index (χ2v) is 8.48. The largest absolute Gasteiger partial charge is 0.324 e. The number of carbonyl (C=O) groups excluding carboxylic acids is 1. The first-order chi connectivity index (χ1) is 14.1. The van der Waals surface area contributed by atoms with Gasteiger partial charge in [-0.15, -0.1) is 0 Å². The highest BCUT2D eigenvalue weighted by atomic mass is 16.2. The molecule has 0 saturated heterocycles. The number of benzene rings is 2. The van der Waals surface area contributed by atoms with Gasteiger partial charge in [0.2, 0.25) is 0 Å². The molecule has 0 saturated carbocycles. The van der Waals surface area contributed by atoms with Crippen LogP contribution in [0.4, 0.5) is 0 Å². The van der Waals surface area contributed by atoms with Gasteiger partial charge in [0.25, 0.3) is 5.91 Å². The fraction of sp³-hybridized carbons (Fsp3) is 0.444. The molecule has 1 atom stereocenters. The Kier molecular flexibility index (Phi) is 7.30. The minimum atomic E-state index is -0.296. The molecule has 1 aliphatic heterocycles. The Morgan fingerprint density at radius 3 is 2.38 bits per heavy atom. The summed E-state index contributed by atoms with van der Waals surface area (Å²) in [6.07, 6.45) is 10.5. The highest BCUT2D eigenvalue weighted by molar-refractivity contribution is 6.00. The normalized spacial score (nSPS) is 18.9. The number of carbonyl (C=O) groups is 1. The summed E-state index contributed by atoms with van der Waals surface area (Å²) in [7, 11) is 0. The molecule has 1 amide bonds. The molecule has 0 unspecified atom stereocenters. The van der Waals surface area contributed by atoms with E-state index in [1.807, 2.05) is 18.2 Å². The fourth-order valence-corrected chi connectivity index (χ4v) is 4.48. The summed E-state index contributed by atoms with van der Waals surface area (Å²) in [4.78, 5) is 15.5. The van der Waals surface area contributed by atoms with Crippen LogP contribution < -0.4 is 0 Å². The van der Waals surface area contributed by atoms with Crippen molar-refractivity contribution in [3.05, 3.63) is 82.9 Å². The first kappa shape index (κ1) is 21.4. The molecule has 0 fully saturated rings. The molecule has 3 rings (SSSR count). The van der Waals surface area contributed by atoms with Crippen LogP contribution in [0.5, 0.6) is 0 Å². The molecular formula is C27H35NO. The maximum absolute atomic E-state index is 13.4. The molecule has 2 aromatic carbocycles. The SMILES string of the molecule is CCCC/C=C(\CCCC)C[C@]1(C)c2ccccc2C(=O)N1Cc1ccccc1. The van der Waals surface area contributed by atoms with Crippen LogP contribution in [-0.4, -0.2) is 10.8 Å². The summed E-state index contributed by atoms with van der Waals surface area (Å²) in [5, 5.41) is 0. The van der Waals surface area contributed by atoms with Crippen molar-refractivity contribution in [2.75, 3.05) is 0 Å². The predicted molar refractivity (Wildman–Crippen MR) is 122 cm³/mol. The zero-order chi connectivity index (χ0) is 20.7. The topological polar surface area (TPSA) is 20.3 Å². The Labute approximate surface area is 176 Å². The number of nitrogens with zero attached hydrogens (tertiary/aromatic N) is 1. The number of amides is 1. The Morgan fingerprint density at radius 1 is 0.966 bits per heavy atom. The van der Waals surface area contributed by atoms with Gasteiger partial charge in [-0.3, -0.25) is 4.79 Å². The Bertz CT molecular complexity index is 839. The molecule has 0 aromatic heterocycles. The summed E-state index contributed by atoms with van der Waals surface area (Å²) < 4.78 is 0. The zero-order valence-corrected chi connectivity index (χ0v) is 18.3. The molecule has 1 aliphatic rings. The molecule has 1 heterocycles. The molecule has 2 aromatic rings. The smallest absolute Gasteiger partial charge is 0.255 e. The quantitative estimate of drug-likeness (QED) is 0.309. The van der Waals surface area contributed by atoms with Crippen LogP contribution in [0, 0.1) is 0 Å². The number of hydrogen-bond donors (Lipinski definition) is 0. The standard InChI is InChI=1S/C27H35NO/c1-4-6-9-15-22(14-7-5-2)20-27(3)25-19-13-12-18-24(25)26(29)28(27)21-23-16-10-8-11-17-23/h8,10-13,15-19H,4-7,9,14,20-21H2,1-3H3/b22-15+/t27-/m1/s1. The fourth-order valence-electron chi connectivity index (χ4n) is 4.48. The molecule has 0 aliphatic carbocycles. The second-order valence-electron chi connectivity index (χ2n) is 8.48. The van der Waals surface area contributed by atoms with E-state index in [0.29, 0.717) is 6.54 Å². The third-order valence-corrected chi connectivity index (χ3v) is 6.18. The van der Waals surface area contributed by atoms with Crippen molar-refractivity contribution in [2.24, 2.45) is 0 Å². The second kappa shape index (κ2) is 9.91. The molecule has 0 bridgehead atoms. The van der Waals surface area contributed by atoms with Crippen LogP contribution in [0.25, 0.3) is 0 Å². The molecule has 0 radical (unpaired) electrons. The first-order valence-corrected chi connectivity index (χ1v) is 11.2. The Balaban J connectivity index is 1.95. The average molecular weight is 390 g/mol. The summed E-state index contributed by atoms with van der Waals surface area (Å²) in [5.74, 6) is 0.162. The van der Waals surface area contributed by atoms with Gasteiger partial charge in [-0.1, -0.05) is 93.3 Å². The van der Waals surface area contributed by atoms with Gasteiger partial charge in [0.15, 0.2) is 0 Å². The number of unbranched alkanes of at least 4 members (excludes halogenated alkanes) is 3. The third kappa shape index (κ3) is 4.80. The van der Waals surface area contributed by atoms with Crippen molar-refractivity contribution in [3.8, 4) is 0 Å². The summed E-state index contributed by atoms with van der Waals surface area (Å²) in [5.41, 5.74) is 4.44. The van der Waals surface area contributed by atoms with Crippen LogP contribution in [0.3, 0.4) is 0 Å². The van der Waals surface area contributed by atoms with Gasteiger partial charge in [-0.25, -0.2) is 0 Å². The third-order valence-electron chi connectivity index (χ3n) is 6.18. The van der Waals surface area contributed by atoms with Gasteiger partial charge >= 0.3 is 0 Å². The van der Waals surface area contributed by atoms with E-state index in [4.69, 9.17) is 0 Å². The van der Waals surface area contributed by atoms with Crippen molar-refractivity contribution in [1.29, 1.82) is 0 Å². The minimum absolute atomic E-state index is 0.162. The van der Waals surface area contributed by atoms with E-state index in [9.17, 15) is 4.79 Å². The van der Waals surface area contributed by atoms with Crippen molar-refractivity contribution in [3.63, 3.8) is 0 Å². The van der Waals surface area contributed by atoms with Crippen LogP contribution in [-0.2, 0) is 12.1 Å². The van der Waals surface area contributed by atoms with Crippen molar-refractivity contribution in [2.45, 2.75) is 77.8 Å². The van der Waals surface area contributed by atoms with Crippen molar-refractivity contribution in [1.82, 2.24) is 4.90 Å². The van der Waals surface area contributed by atoms with Crippen LogP contribution >= 0.6 is 0 Å². The van der Waals surface area contributed by atoms with Gasteiger partial charge < -0.3 is 4.90 Å². The molecule has 2 heteroatoms. The number of hydrogen-bond acceptors (Lipinski definition) is 1. The van der Waals surface area contributed by atoms with Gasteiger partial charge in [-0.2, -0.15) is 0 Å². The summed E-state index contributed by atoms with van der Waals surface area (Å²) >= 11 is 0. The Hall–Kier alpha value is -2.35. The van der Waals surface area contributed by atoms with E-state index < -0.39 is 0 Å². The lowest BCUT2D eigenvalue weighted by atomic mass is 9.83. The molecule has 2 nitrogen and oxygen atoms in total. The van der Waals surface area contributed by atoms with E-state index in [0.717, 1.165) is 24.8 Å². The number of allylic oxidation sites excluding steroid dienone is 1. The van der Waals surface area contributed by atoms with E-state index in [2.05, 4.69) is 68.1 Å². The van der Waals surface area contributed by atoms with Crippen LogP contribution in [0.15, 0.2) is 66.2 Å². The van der Waals surface area contributed by atoms with E-state index in [1.165, 1.54) is 42.4 Å². The maximum atomic E-state index is 13.4. The van der Waals surface area contributed by atoms with Gasteiger partial charge in [0.05, 0.1) is 5.54 Å². The molecule has 0 N–H and O–H groups in total. The zero-order valence-electron chi connectivity index (χ0n) is 18.3. The van der Waals surface area contributed by atoms with Crippen molar-refractivity contribution < 1.29 is 4.79 Å². The molecular weight excluding hydrogens is 354 g/mol. The minimum Gasteiger partial charge on any atom is -0.324 e. The molecule has 29 heavy (non-hydrogen) atoms. The predicted octanol–water partition coefficient (Wildman–Crippen LogP) is 7.25. The van der Waals surface area contributed by atoms with Gasteiger partial charge in [0.1, 0.15) is 0 Å². The highest BCUT2D eigenvalue weighted by Gasteiger charge is 2.46. The maximum Gasteiger partial charge on any atom is 0.255 e. The monoisotopic (exact) mass is 389 g/mol. The van der Waals surface area contributed by atoms with Crippen LogP contribution in [0.1, 0.15) is 87.2 Å². The average Bonchev–Trinajstić information content (AvgIpc) is 2.95. The van der Waals surface area contributed by atoms with Gasteiger partial charge in [0, 0.05) is 12.1 Å².